The zero-order valence-corrected chi connectivity index (χ0v) is 13.4. The number of rotatable bonds is 5. The SMILES string of the molecule is CCOC(=O)[C@]1(N)[C@H](c2ccc(Cl)cc2)[C@H]1S(=O)(=O)CC. The number of sulfone groups is 1. The van der Waals surface area contributed by atoms with Crippen LogP contribution in [0.3, 0.4) is 0 Å². The lowest BCUT2D eigenvalue weighted by Crippen LogP contribution is -2.41. The highest BCUT2D eigenvalue weighted by molar-refractivity contribution is 7.92. The maximum atomic E-state index is 12.2. The standard InChI is InChI=1S/C14H18ClNO4S/c1-3-20-13(17)14(16)11(12(14)21(18,19)4-2)9-5-7-10(15)8-6-9/h5-8,11-12H,3-4,16H2,1-2H3/t11-,12-,14+/m1/s1. The largest absolute Gasteiger partial charge is 0.465 e. The summed E-state index contributed by atoms with van der Waals surface area (Å²) in [5.41, 5.74) is 5.27. The number of carbonyl (C=O) groups excluding carboxylic acids is 1. The van der Waals surface area contributed by atoms with Crippen LogP contribution in [-0.2, 0) is 19.4 Å². The molecule has 1 aromatic carbocycles. The topological polar surface area (TPSA) is 86.5 Å². The Hall–Kier alpha value is -1.11. The summed E-state index contributed by atoms with van der Waals surface area (Å²) in [7, 11) is -3.46. The van der Waals surface area contributed by atoms with Gasteiger partial charge in [-0.15, -0.1) is 0 Å². The molecule has 5 nitrogen and oxygen atoms in total. The van der Waals surface area contributed by atoms with E-state index < -0.39 is 32.5 Å². The molecule has 21 heavy (non-hydrogen) atoms. The Kier molecular flexibility index (Phi) is 4.33. The van der Waals surface area contributed by atoms with Crippen molar-refractivity contribution in [3.8, 4) is 0 Å². The molecule has 0 spiro atoms. The van der Waals surface area contributed by atoms with E-state index in [4.69, 9.17) is 22.1 Å². The lowest BCUT2D eigenvalue weighted by Gasteiger charge is -2.10. The molecule has 0 saturated heterocycles. The zero-order valence-electron chi connectivity index (χ0n) is 11.9. The van der Waals surface area contributed by atoms with Gasteiger partial charge < -0.3 is 10.5 Å². The minimum absolute atomic E-state index is 0.0693. The smallest absolute Gasteiger partial charge is 0.328 e. The molecule has 1 saturated carbocycles. The summed E-state index contributed by atoms with van der Waals surface area (Å²) in [5.74, 6) is -1.34. The summed E-state index contributed by atoms with van der Waals surface area (Å²) in [6.07, 6.45) is 0. The summed E-state index contributed by atoms with van der Waals surface area (Å²) in [5, 5.41) is -0.414. The predicted octanol–water partition coefficient (Wildman–Crippen LogP) is 1.50. The van der Waals surface area contributed by atoms with E-state index >= 15 is 0 Å². The number of ether oxygens (including phenoxy) is 1. The Morgan fingerprint density at radius 1 is 1.33 bits per heavy atom. The van der Waals surface area contributed by atoms with E-state index in [0.717, 1.165) is 0 Å². The molecular weight excluding hydrogens is 314 g/mol. The molecule has 2 N–H and O–H groups in total. The molecule has 1 aliphatic rings. The summed E-state index contributed by atoms with van der Waals surface area (Å²) >= 11 is 5.83. The molecule has 0 radical (unpaired) electrons. The lowest BCUT2D eigenvalue weighted by molar-refractivity contribution is -0.145. The second kappa shape index (κ2) is 5.59. The highest BCUT2D eigenvalue weighted by atomic mass is 35.5. The van der Waals surface area contributed by atoms with Crippen LogP contribution in [0, 0.1) is 0 Å². The van der Waals surface area contributed by atoms with Crippen molar-refractivity contribution in [2.45, 2.75) is 30.6 Å². The van der Waals surface area contributed by atoms with Gasteiger partial charge in [-0.3, -0.25) is 0 Å². The van der Waals surface area contributed by atoms with Crippen molar-refractivity contribution in [3.63, 3.8) is 0 Å². The van der Waals surface area contributed by atoms with Crippen LogP contribution >= 0.6 is 11.6 Å². The molecule has 0 bridgehead atoms. The summed E-state index contributed by atoms with van der Waals surface area (Å²) in [6, 6.07) is 6.69. The molecule has 0 amide bonds. The first-order chi connectivity index (χ1) is 9.79. The Morgan fingerprint density at radius 2 is 1.90 bits per heavy atom. The van der Waals surface area contributed by atoms with Crippen LogP contribution in [0.2, 0.25) is 5.02 Å². The number of carbonyl (C=O) groups is 1. The van der Waals surface area contributed by atoms with Gasteiger partial charge in [-0.2, -0.15) is 0 Å². The number of halogens is 1. The van der Waals surface area contributed by atoms with Crippen molar-refractivity contribution in [2.75, 3.05) is 12.4 Å². The van der Waals surface area contributed by atoms with Crippen LogP contribution in [0.4, 0.5) is 0 Å². The molecule has 1 aromatic rings. The van der Waals surface area contributed by atoms with E-state index in [-0.39, 0.29) is 12.4 Å². The van der Waals surface area contributed by atoms with Gasteiger partial charge in [0.2, 0.25) is 0 Å². The predicted molar refractivity (Wildman–Crippen MR) is 81.0 cm³/mol. The summed E-state index contributed by atoms with van der Waals surface area (Å²) in [4.78, 5) is 12.1. The molecule has 0 unspecified atom stereocenters. The van der Waals surface area contributed by atoms with E-state index in [1.54, 1.807) is 31.2 Å². The molecule has 0 aromatic heterocycles. The van der Waals surface area contributed by atoms with Crippen LogP contribution in [0.15, 0.2) is 24.3 Å². The summed E-state index contributed by atoms with van der Waals surface area (Å²) < 4.78 is 29.4. The first-order valence-electron chi connectivity index (χ1n) is 6.72. The van der Waals surface area contributed by atoms with Gasteiger partial charge in [-0.05, 0) is 24.6 Å². The highest BCUT2D eigenvalue weighted by Gasteiger charge is 2.74. The third-order valence-corrected chi connectivity index (χ3v) is 6.32. The third-order valence-electron chi connectivity index (χ3n) is 3.83. The fourth-order valence-electron chi connectivity index (χ4n) is 2.68. The fraction of sp³-hybridized carbons (Fsp3) is 0.500. The molecule has 0 heterocycles. The van der Waals surface area contributed by atoms with E-state index in [0.29, 0.717) is 10.6 Å². The van der Waals surface area contributed by atoms with Crippen molar-refractivity contribution in [3.05, 3.63) is 34.9 Å². The minimum Gasteiger partial charge on any atom is -0.465 e. The second-order valence-electron chi connectivity index (χ2n) is 5.05. The van der Waals surface area contributed by atoms with E-state index in [9.17, 15) is 13.2 Å². The Labute approximate surface area is 129 Å². The van der Waals surface area contributed by atoms with E-state index in [1.807, 2.05) is 0 Å². The maximum Gasteiger partial charge on any atom is 0.328 e. The average Bonchev–Trinajstić information content (AvgIpc) is 3.09. The van der Waals surface area contributed by atoms with Crippen LogP contribution in [-0.4, -0.2) is 37.5 Å². The van der Waals surface area contributed by atoms with Gasteiger partial charge in [-0.1, -0.05) is 30.7 Å². The molecule has 7 heteroatoms. The number of hydrogen-bond donors (Lipinski definition) is 1. The van der Waals surface area contributed by atoms with Crippen LogP contribution in [0.1, 0.15) is 25.3 Å². The number of esters is 1. The van der Waals surface area contributed by atoms with Gasteiger partial charge in [0.05, 0.1) is 11.9 Å². The quantitative estimate of drug-likeness (QED) is 0.826. The fourth-order valence-corrected chi connectivity index (χ4v) is 4.72. The van der Waals surface area contributed by atoms with Crippen LogP contribution < -0.4 is 5.73 Å². The summed E-state index contributed by atoms with van der Waals surface area (Å²) in [6.45, 7) is 3.35. The third kappa shape index (κ3) is 2.67. The normalized spacial score (nSPS) is 28.2. The maximum absolute atomic E-state index is 12.2. The monoisotopic (exact) mass is 331 g/mol. The van der Waals surface area contributed by atoms with Gasteiger partial charge in [0, 0.05) is 16.7 Å². The molecule has 1 fully saturated rings. The number of nitrogens with two attached hydrogens (primary N) is 1. The molecule has 2 rings (SSSR count). The molecular formula is C14H18ClNO4S. The second-order valence-corrected chi connectivity index (χ2v) is 7.90. The molecule has 1 aliphatic carbocycles. The zero-order chi connectivity index (χ0) is 15.8. The lowest BCUT2D eigenvalue weighted by atomic mass is 10.1. The average molecular weight is 332 g/mol. The Bertz CT molecular complexity index is 643. The number of benzene rings is 1. The highest BCUT2D eigenvalue weighted by Crippen LogP contribution is 2.55. The Balaban J connectivity index is 2.42. The van der Waals surface area contributed by atoms with Crippen molar-refractivity contribution < 1.29 is 17.9 Å². The first kappa shape index (κ1) is 16.3. The van der Waals surface area contributed by atoms with E-state index in [1.165, 1.54) is 6.92 Å². The van der Waals surface area contributed by atoms with Crippen LogP contribution in [0.5, 0.6) is 0 Å². The van der Waals surface area contributed by atoms with Gasteiger partial charge in [-0.25, -0.2) is 13.2 Å². The van der Waals surface area contributed by atoms with Crippen molar-refractivity contribution in [1.82, 2.24) is 0 Å². The van der Waals surface area contributed by atoms with Gasteiger partial charge in [0.25, 0.3) is 0 Å². The van der Waals surface area contributed by atoms with Crippen molar-refractivity contribution in [2.24, 2.45) is 5.73 Å². The molecule has 3 atom stereocenters. The van der Waals surface area contributed by atoms with Crippen LogP contribution in [0.25, 0.3) is 0 Å². The molecule has 0 aliphatic heterocycles. The van der Waals surface area contributed by atoms with Gasteiger partial charge in [0.15, 0.2) is 9.84 Å². The minimum atomic E-state index is -3.46. The first-order valence-corrected chi connectivity index (χ1v) is 8.81. The van der Waals surface area contributed by atoms with Gasteiger partial charge in [0.1, 0.15) is 5.54 Å². The number of hydrogen-bond acceptors (Lipinski definition) is 5. The van der Waals surface area contributed by atoms with Crippen molar-refractivity contribution >= 4 is 27.4 Å². The van der Waals surface area contributed by atoms with Gasteiger partial charge >= 0.3 is 5.97 Å². The van der Waals surface area contributed by atoms with E-state index in [2.05, 4.69) is 0 Å². The van der Waals surface area contributed by atoms with Crippen molar-refractivity contribution in [1.29, 1.82) is 0 Å². The Morgan fingerprint density at radius 3 is 2.38 bits per heavy atom. The molecule has 116 valence electrons.